The second-order valence-corrected chi connectivity index (χ2v) is 4.31. The van der Waals surface area contributed by atoms with Crippen LogP contribution in [0.2, 0.25) is 0 Å². The second kappa shape index (κ2) is 3.31. The maximum absolute atomic E-state index is 9.04. The van der Waals surface area contributed by atoms with Gasteiger partial charge in [0.15, 0.2) is 0 Å². The van der Waals surface area contributed by atoms with Crippen molar-refractivity contribution < 1.29 is 9.84 Å². The summed E-state index contributed by atoms with van der Waals surface area (Å²) < 4.78 is 6.68. The van der Waals surface area contributed by atoms with Gasteiger partial charge in [-0.05, 0) is 37.1 Å². The molecule has 1 saturated carbocycles. The summed E-state index contributed by atoms with van der Waals surface area (Å²) in [5, 5.41) is 9.04. The highest BCUT2D eigenvalue weighted by atomic mass is 79.9. The topological polar surface area (TPSA) is 29.5 Å². The van der Waals surface area contributed by atoms with E-state index in [2.05, 4.69) is 15.9 Å². The number of hydrogen-bond donors (Lipinski definition) is 1. The van der Waals surface area contributed by atoms with Crippen LogP contribution in [0.4, 0.5) is 0 Å². The first-order valence-electron chi connectivity index (χ1n) is 4.30. The summed E-state index contributed by atoms with van der Waals surface area (Å²) >= 11 is 3.35. The molecule has 0 heterocycles. The fraction of sp³-hybridized carbons (Fsp3) is 0.400. The van der Waals surface area contributed by atoms with Gasteiger partial charge in [0.05, 0.1) is 6.61 Å². The van der Waals surface area contributed by atoms with Gasteiger partial charge in [0.2, 0.25) is 0 Å². The molecule has 1 aromatic carbocycles. The van der Waals surface area contributed by atoms with Crippen LogP contribution in [0.5, 0.6) is 5.75 Å². The molecule has 0 saturated heterocycles. The van der Waals surface area contributed by atoms with Gasteiger partial charge in [0.25, 0.3) is 0 Å². The molecule has 2 nitrogen and oxygen atoms in total. The van der Waals surface area contributed by atoms with E-state index in [4.69, 9.17) is 9.84 Å². The summed E-state index contributed by atoms with van der Waals surface area (Å²) in [5.41, 5.74) is -0.270. The van der Waals surface area contributed by atoms with Gasteiger partial charge in [-0.1, -0.05) is 15.9 Å². The Morgan fingerprint density at radius 3 is 2.38 bits per heavy atom. The molecular formula is C10H11BrO2. The minimum Gasteiger partial charge on any atom is -0.485 e. The Morgan fingerprint density at radius 1 is 1.31 bits per heavy atom. The minimum absolute atomic E-state index is 0.114. The molecule has 0 aromatic heterocycles. The number of halogens is 1. The van der Waals surface area contributed by atoms with Crippen molar-refractivity contribution in [3.63, 3.8) is 0 Å². The molecule has 2 rings (SSSR count). The van der Waals surface area contributed by atoms with E-state index in [-0.39, 0.29) is 12.2 Å². The Kier molecular flexibility index (Phi) is 2.30. The van der Waals surface area contributed by atoms with Crippen LogP contribution in [0.25, 0.3) is 0 Å². The molecule has 0 bridgehead atoms. The molecule has 0 atom stereocenters. The molecular weight excluding hydrogens is 232 g/mol. The monoisotopic (exact) mass is 242 g/mol. The van der Waals surface area contributed by atoms with Gasteiger partial charge in [-0.3, -0.25) is 0 Å². The summed E-state index contributed by atoms with van der Waals surface area (Å²) in [6.07, 6.45) is 1.92. The molecule has 1 aliphatic rings. The highest BCUT2D eigenvalue weighted by molar-refractivity contribution is 9.10. The summed E-state index contributed by atoms with van der Waals surface area (Å²) in [5.74, 6) is 0.828. The van der Waals surface area contributed by atoms with Crippen molar-refractivity contribution in [2.45, 2.75) is 18.4 Å². The smallest absolute Gasteiger partial charge is 0.132 e. The first kappa shape index (κ1) is 9.03. The van der Waals surface area contributed by atoms with Gasteiger partial charge in [0, 0.05) is 4.47 Å². The molecule has 0 radical (unpaired) electrons. The zero-order valence-corrected chi connectivity index (χ0v) is 8.75. The maximum Gasteiger partial charge on any atom is 0.132 e. The zero-order chi connectivity index (χ0) is 9.31. The number of aliphatic hydroxyl groups is 1. The van der Waals surface area contributed by atoms with Crippen molar-refractivity contribution in [1.29, 1.82) is 0 Å². The summed E-state index contributed by atoms with van der Waals surface area (Å²) in [6.45, 7) is 0.114. The van der Waals surface area contributed by atoms with Crippen LogP contribution in [-0.4, -0.2) is 17.3 Å². The van der Waals surface area contributed by atoms with Crippen LogP contribution in [0, 0.1) is 0 Å². The highest BCUT2D eigenvalue weighted by Gasteiger charge is 2.44. The van der Waals surface area contributed by atoms with Gasteiger partial charge in [-0.15, -0.1) is 0 Å². The van der Waals surface area contributed by atoms with Gasteiger partial charge < -0.3 is 9.84 Å². The summed E-state index contributed by atoms with van der Waals surface area (Å²) in [7, 11) is 0. The predicted octanol–water partition coefficient (Wildman–Crippen LogP) is 2.35. The standard InChI is InChI=1S/C10H11BrO2/c11-8-1-3-9(4-2-8)13-10(7-12)5-6-10/h1-4,12H,5-7H2. The molecule has 1 aromatic rings. The van der Waals surface area contributed by atoms with Gasteiger partial charge in [-0.25, -0.2) is 0 Å². The third-order valence-electron chi connectivity index (χ3n) is 2.24. The van der Waals surface area contributed by atoms with Crippen LogP contribution in [-0.2, 0) is 0 Å². The van der Waals surface area contributed by atoms with Crippen molar-refractivity contribution in [2.75, 3.05) is 6.61 Å². The Labute approximate surface area is 85.7 Å². The Balaban J connectivity index is 2.06. The van der Waals surface area contributed by atoms with E-state index in [1.54, 1.807) is 0 Å². The van der Waals surface area contributed by atoms with Crippen LogP contribution in [0.3, 0.4) is 0 Å². The van der Waals surface area contributed by atoms with Crippen LogP contribution >= 0.6 is 15.9 Å². The van der Waals surface area contributed by atoms with Crippen LogP contribution in [0.1, 0.15) is 12.8 Å². The average Bonchev–Trinajstić information content (AvgIpc) is 2.90. The molecule has 0 unspecified atom stereocenters. The lowest BCUT2D eigenvalue weighted by molar-refractivity contribution is 0.0953. The fourth-order valence-corrected chi connectivity index (χ4v) is 1.45. The lowest BCUT2D eigenvalue weighted by Gasteiger charge is -2.14. The zero-order valence-electron chi connectivity index (χ0n) is 7.16. The molecule has 1 N–H and O–H groups in total. The highest BCUT2D eigenvalue weighted by Crippen LogP contribution is 2.39. The van der Waals surface area contributed by atoms with Crippen LogP contribution < -0.4 is 4.74 Å². The van der Waals surface area contributed by atoms with E-state index < -0.39 is 0 Å². The van der Waals surface area contributed by atoms with Crippen molar-refractivity contribution >= 4 is 15.9 Å². The average molecular weight is 243 g/mol. The SMILES string of the molecule is OCC1(Oc2ccc(Br)cc2)CC1. The van der Waals surface area contributed by atoms with Crippen LogP contribution in [0.15, 0.2) is 28.7 Å². The second-order valence-electron chi connectivity index (χ2n) is 3.40. The van der Waals surface area contributed by atoms with E-state index in [1.807, 2.05) is 24.3 Å². The van der Waals surface area contributed by atoms with Crippen molar-refractivity contribution in [3.8, 4) is 5.75 Å². The first-order chi connectivity index (χ1) is 6.24. The molecule has 1 fully saturated rings. The third-order valence-corrected chi connectivity index (χ3v) is 2.77. The molecule has 0 spiro atoms. The Hall–Kier alpha value is -0.540. The molecule has 1 aliphatic carbocycles. The third kappa shape index (κ3) is 2.03. The van der Waals surface area contributed by atoms with Gasteiger partial charge >= 0.3 is 0 Å². The number of hydrogen-bond acceptors (Lipinski definition) is 2. The number of aliphatic hydroxyl groups excluding tert-OH is 1. The molecule has 0 aliphatic heterocycles. The molecule has 13 heavy (non-hydrogen) atoms. The number of ether oxygens (including phenoxy) is 1. The maximum atomic E-state index is 9.04. The van der Waals surface area contributed by atoms with Crippen molar-refractivity contribution in [1.82, 2.24) is 0 Å². The van der Waals surface area contributed by atoms with E-state index >= 15 is 0 Å². The number of benzene rings is 1. The van der Waals surface area contributed by atoms with E-state index in [1.165, 1.54) is 0 Å². The lowest BCUT2D eigenvalue weighted by Crippen LogP contribution is -2.22. The predicted molar refractivity (Wildman–Crippen MR) is 53.8 cm³/mol. The normalized spacial score (nSPS) is 18.3. The molecule has 70 valence electrons. The minimum atomic E-state index is -0.270. The fourth-order valence-electron chi connectivity index (χ4n) is 1.18. The van der Waals surface area contributed by atoms with Crippen molar-refractivity contribution in [3.05, 3.63) is 28.7 Å². The lowest BCUT2D eigenvalue weighted by atomic mass is 10.3. The molecule has 3 heteroatoms. The number of rotatable bonds is 3. The largest absolute Gasteiger partial charge is 0.485 e. The van der Waals surface area contributed by atoms with Gasteiger partial charge in [0.1, 0.15) is 11.4 Å². The summed E-state index contributed by atoms with van der Waals surface area (Å²) in [6, 6.07) is 7.67. The first-order valence-corrected chi connectivity index (χ1v) is 5.09. The van der Waals surface area contributed by atoms with Gasteiger partial charge in [-0.2, -0.15) is 0 Å². The van der Waals surface area contributed by atoms with Crippen molar-refractivity contribution in [2.24, 2.45) is 0 Å². The molecule has 0 amide bonds. The summed E-state index contributed by atoms with van der Waals surface area (Å²) in [4.78, 5) is 0. The quantitative estimate of drug-likeness (QED) is 0.882. The Morgan fingerprint density at radius 2 is 1.92 bits per heavy atom. The van der Waals surface area contributed by atoms with E-state index in [0.29, 0.717) is 0 Å². The Bertz CT molecular complexity index is 290. The van der Waals surface area contributed by atoms with E-state index in [9.17, 15) is 0 Å². The van der Waals surface area contributed by atoms with E-state index in [0.717, 1.165) is 23.1 Å².